The fourth-order valence-corrected chi connectivity index (χ4v) is 8.20. The number of aromatic nitrogens is 1. The summed E-state index contributed by atoms with van der Waals surface area (Å²) in [6, 6.07) is 41.6. The van der Waals surface area contributed by atoms with Gasteiger partial charge in [0.25, 0.3) is 0 Å². The molecular formula is C30H21NOSi. The summed E-state index contributed by atoms with van der Waals surface area (Å²) in [5.41, 5.74) is 4.09. The molecule has 3 heteroatoms. The molecule has 0 atom stereocenters. The predicted molar refractivity (Wildman–Crippen MR) is 142 cm³/mol. The highest BCUT2D eigenvalue weighted by atomic mass is 28.3. The van der Waals surface area contributed by atoms with Gasteiger partial charge in [-0.05, 0) is 18.2 Å². The van der Waals surface area contributed by atoms with Crippen LogP contribution in [-0.4, -0.2) is 13.8 Å². The van der Waals surface area contributed by atoms with E-state index in [0.29, 0.717) is 0 Å². The van der Waals surface area contributed by atoms with Crippen molar-refractivity contribution in [1.29, 1.82) is 0 Å². The van der Waals surface area contributed by atoms with Gasteiger partial charge in [0.15, 0.2) is 5.58 Å². The van der Waals surface area contributed by atoms with E-state index in [4.69, 9.17) is 4.42 Å². The zero-order valence-electron chi connectivity index (χ0n) is 18.0. The fourth-order valence-electron chi connectivity index (χ4n) is 5.21. The van der Waals surface area contributed by atoms with Crippen molar-refractivity contribution in [1.82, 2.24) is 4.98 Å². The first-order chi connectivity index (χ1) is 16.4. The van der Waals surface area contributed by atoms with Gasteiger partial charge < -0.3 is 9.40 Å². The summed E-state index contributed by atoms with van der Waals surface area (Å²) in [7, 11) is -1.58. The van der Waals surface area contributed by atoms with Gasteiger partial charge in [0.1, 0.15) is 14.4 Å². The van der Waals surface area contributed by atoms with E-state index in [2.05, 4.69) is 108 Å². The second-order valence-corrected chi connectivity index (χ2v) is 11.5. The molecule has 7 rings (SSSR count). The van der Waals surface area contributed by atoms with Gasteiger partial charge >= 0.3 is 0 Å². The molecular weight excluding hydrogens is 418 g/mol. The molecule has 0 saturated heterocycles. The second-order valence-electron chi connectivity index (χ2n) is 8.65. The highest BCUT2D eigenvalue weighted by Crippen LogP contribution is 2.36. The second kappa shape index (κ2) is 7.22. The van der Waals surface area contributed by atoms with Crippen LogP contribution >= 0.6 is 0 Å². The van der Waals surface area contributed by atoms with Crippen LogP contribution in [0.1, 0.15) is 0 Å². The van der Waals surface area contributed by atoms with E-state index in [0.717, 1.165) is 33.0 Å². The van der Waals surface area contributed by atoms with Crippen LogP contribution in [-0.2, 0) is 0 Å². The summed E-state index contributed by atoms with van der Waals surface area (Å²) in [5, 5.41) is 9.08. The van der Waals surface area contributed by atoms with Crippen molar-refractivity contribution in [3.05, 3.63) is 115 Å². The third-order valence-corrected chi connectivity index (χ3v) is 9.87. The lowest BCUT2D eigenvalue weighted by atomic mass is 10.1. The molecule has 7 aromatic rings. The molecule has 33 heavy (non-hydrogen) atoms. The number of rotatable bonds is 3. The Morgan fingerprint density at radius 2 is 1.18 bits per heavy atom. The van der Waals surface area contributed by atoms with Crippen LogP contribution in [0.4, 0.5) is 0 Å². The van der Waals surface area contributed by atoms with Crippen molar-refractivity contribution in [3.63, 3.8) is 0 Å². The van der Waals surface area contributed by atoms with Crippen LogP contribution in [0.3, 0.4) is 0 Å². The van der Waals surface area contributed by atoms with Gasteiger partial charge in [-0.3, -0.25) is 0 Å². The van der Waals surface area contributed by atoms with Crippen molar-refractivity contribution in [3.8, 4) is 0 Å². The summed E-state index contributed by atoms with van der Waals surface area (Å²) in [5.74, 6) is 0. The van der Waals surface area contributed by atoms with Crippen LogP contribution in [0.15, 0.2) is 120 Å². The van der Waals surface area contributed by atoms with Crippen LogP contribution in [0.2, 0.25) is 0 Å². The predicted octanol–water partition coefficient (Wildman–Crippen LogP) is 5.47. The molecule has 2 heterocycles. The summed E-state index contributed by atoms with van der Waals surface area (Å²) in [4.78, 5) is 3.65. The molecule has 0 spiro atoms. The molecule has 156 valence electrons. The number of furan rings is 1. The maximum Gasteiger partial charge on any atom is 0.159 e. The van der Waals surface area contributed by atoms with E-state index >= 15 is 0 Å². The zero-order valence-corrected chi connectivity index (χ0v) is 19.1. The van der Waals surface area contributed by atoms with Crippen molar-refractivity contribution < 1.29 is 4.42 Å². The van der Waals surface area contributed by atoms with Gasteiger partial charge in [-0.15, -0.1) is 0 Å². The number of aromatic amines is 1. The van der Waals surface area contributed by atoms with E-state index < -0.39 is 8.80 Å². The topological polar surface area (TPSA) is 28.9 Å². The van der Waals surface area contributed by atoms with Crippen LogP contribution in [0.25, 0.3) is 43.7 Å². The molecule has 0 aliphatic heterocycles. The molecule has 1 N–H and O–H groups in total. The molecule has 2 nitrogen and oxygen atoms in total. The van der Waals surface area contributed by atoms with E-state index in [-0.39, 0.29) is 0 Å². The molecule has 0 unspecified atom stereocenters. The van der Waals surface area contributed by atoms with Crippen molar-refractivity contribution >= 4 is 68.1 Å². The molecule has 0 aliphatic carbocycles. The molecule has 0 saturated carbocycles. The summed E-state index contributed by atoms with van der Waals surface area (Å²) in [6.45, 7) is 0. The maximum atomic E-state index is 6.29. The van der Waals surface area contributed by atoms with E-state index in [9.17, 15) is 0 Å². The molecule has 0 radical (unpaired) electrons. The average Bonchev–Trinajstić information content (AvgIpc) is 3.44. The Morgan fingerprint density at radius 3 is 1.94 bits per heavy atom. The minimum absolute atomic E-state index is 0.931. The standard InChI is InChI=1S/C30H21NOSi/c1-3-9-20(10-4-1)33(21-11-5-2-6-12-21)22-15-18-27-26(19-22)24-16-17-25-23-13-7-8-14-28(23)32-30(25)29(24)31-27/h1-19,31,33H. The first-order valence-electron chi connectivity index (χ1n) is 11.3. The number of hydrogen-bond donors (Lipinski definition) is 1. The monoisotopic (exact) mass is 439 g/mol. The molecule has 5 aromatic carbocycles. The van der Waals surface area contributed by atoms with E-state index in [1.807, 2.05) is 12.1 Å². The lowest BCUT2D eigenvalue weighted by Crippen LogP contribution is -2.51. The number of fused-ring (bicyclic) bond motifs is 7. The van der Waals surface area contributed by atoms with Crippen LogP contribution < -0.4 is 15.6 Å². The van der Waals surface area contributed by atoms with E-state index in [1.165, 1.54) is 26.3 Å². The van der Waals surface area contributed by atoms with Gasteiger partial charge in [0, 0.05) is 27.1 Å². The Hall–Kier alpha value is -4.08. The van der Waals surface area contributed by atoms with Gasteiger partial charge in [-0.2, -0.15) is 0 Å². The Kier molecular flexibility index (Phi) is 4.05. The van der Waals surface area contributed by atoms with Gasteiger partial charge in [0.05, 0.1) is 5.52 Å². The molecule has 0 fully saturated rings. The van der Waals surface area contributed by atoms with Gasteiger partial charge in [-0.25, -0.2) is 0 Å². The van der Waals surface area contributed by atoms with Gasteiger partial charge in [0.2, 0.25) is 0 Å². The smallest absolute Gasteiger partial charge is 0.159 e. The number of nitrogens with one attached hydrogen (secondary N) is 1. The summed E-state index contributed by atoms with van der Waals surface area (Å²) >= 11 is 0. The first kappa shape index (κ1) is 18.5. The lowest BCUT2D eigenvalue weighted by molar-refractivity contribution is 0.672. The SMILES string of the molecule is c1ccc([SiH](c2ccccc2)c2ccc3[nH]c4c(ccc5c6ccccc6oc54)c3c2)cc1. The molecule has 0 bridgehead atoms. The van der Waals surface area contributed by atoms with Crippen molar-refractivity contribution in [2.75, 3.05) is 0 Å². The Morgan fingerprint density at radius 1 is 0.515 bits per heavy atom. The minimum atomic E-state index is -1.58. The zero-order chi connectivity index (χ0) is 21.8. The van der Waals surface area contributed by atoms with Crippen molar-refractivity contribution in [2.24, 2.45) is 0 Å². The summed E-state index contributed by atoms with van der Waals surface area (Å²) in [6.07, 6.45) is 0. The summed E-state index contributed by atoms with van der Waals surface area (Å²) < 4.78 is 6.29. The first-order valence-corrected chi connectivity index (χ1v) is 13.1. The van der Waals surface area contributed by atoms with Gasteiger partial charge in [-0.1, -0.05) is 113 Å². The Labute approximate surface area is 192 Å². The third-order valence-electron chi connectivity index (χ3n) is 6.74. The number of benzene rings is 5. The molecule has 0 amide bonds. The fraction of sp³-hybridized carbons (Fsp3) is 0. The largest absolute Gasteiger partial charge is 0.454 e. The molecule has 2 aromatic heterocycles. The van der Waals surface area contributed by atoms with Crippen molar-refractivity contribution in [2.45, 2.75) is 0 Å². The van der Waals surface area contributed by atoms with E-state index in [1.54, 1.807) is 0 Å². The highest BCUT2D eigenvalue weighted by molar-refractivity contribution is 6.95. The normalized spacial score (nSPS) is 11.9. The number of para-hydroxylation sites is 1. The number of hydrogen-bond acceptors (Lipinski definition) is 1. The quantitative estimate of drug-likeness (QED) is 0.287. The van der Waals surface area contributed by atoms with Crippen LogP contribution in [0.5, 0.6) is 0 Å². The highest BCUT2D eigenvalue weighted by Gasteiger charge is 2.20. The molecule has 0 aliphatic rings. The minimum Gasteiger partial charge on any atom is -0.454 e. The van der Waals surface area contributed by atoms with Crippen LogP contribution in [0, 0.1) is 0 Å². The average molecular weight is 440 g/mol. The third kappa shape index (κ3) is 2.86. The lowest BCUT2D eigenvalue weighted by Gasteiger charge is -2.17. The number of H-pyrrole nitrogens is 1. The maximum absolute atomic E-state index is 6.29. The Balaban J connectivity index is 1.48. The Bertz CT molecular complexity index is 1720.